The van der Waals surface area contributed by atoms with E-state index >= 15 is 0 Å². The minimum absolute atomic E-state index is 0.00810. The van der Waals surface area contributed by atoms with Crippen LogP contribution in [-0.2, 0) is 0 Å². The number of hydrogen-bond acceptors (Lipinski definition) is 2. The molecule has 230 valence electrons. The molecule has 2 nitrogen and oxygen atoms in total. The summed E-state index contributed by atoms with van der Waals surface area (Å²) in [5.74, 6) is 0. The van der Waals surface area contributed by atoms with E-state index in [9.17, 15) is 10.2 Å². The predicted octanol–water partition coefficient (Wildman–Crippen LogP) is 10.8. The van der Waals surface area contributed by atoms with Gasteiger partial charge in [-0.05, 0) is 96.5 Å². The number of aliphatic hydroxyl groups is 2. The van der Waals surface area contributed by atoms with Crippen LogP contribution in [0.5, 0.6) is 0 Å². The molecule has 2 heteroatoms. The quantitative estimate of drug-likeness (QED) is 0.192. The fourth-order valence-electron chi connectivity index (χ4n) is 6.49. The Kier molecular flexibility index (Phi) is 13.7. The molecule has 0 bridgehead atoms. The predicted molar refractivity (Wildman–Crippen MR) is 184 cm³/mol. The molecule has 42 heavy (non-hydrogen) atoms. The standard InChI is InChI=1S/C40H58O2/c1-29(17-13-19-31(3)21-23-37-33(5)25-35(41)27-39(37,7)8)15-11-12-16-30(2)18-14-20-32(4)22-24-38-34(6)26-36(42)28-40(38,9)10/h11-21,23,35-36,41-42H,22,24-28H2,1-10H3/b12-11+,17-13+,18-14+,23-21+,29-15+,30-16+,31-19+,32-20-. The number of hydrogen-bond donors (Lipinski definition) is 2. The zero-order valence-corrected chi connectivity index (χ0v) is 28.2. The zero-order valence-electron chi connectivity index (χ0n) is 28.2. The van der Waals surface area contributed by atoms with Crippen molar-refractivity contribution in [2.45, 2.75) is 120 Å². The fraction of sp³-hybridized carbons (Fsp3) is 0.500. The van der Waals surface area contributed by atoms with Crippen molar-refractivity contribution in [1.82, 2.24) is 0 Å². The van der Waals surface area contributed by atoms with Gasteiger partial charge in [0.25, 0.3) is 0 Å². The third kappa shape index (κ3) is 11.9. The van der Waals surface area contributed by atoms with Gasteiger partial charge in [0.05, 0.1) is 12.2 Å². The van der Waals surface area contributed by atoms with Crippen molar-refractivity contribution in [1.29, 1.82) is 0 Å². The first-order valence-electron chi connectivity index (χ1n) is 15.7. The van der Waals surface area contributed by atoms with Crippen molar-refractivity contribution < 1.29 is 10.2 Å². The van der Waals surface area contributed by atoms with E-state index in [1.54, 1.807) is 0 Å². The molecular weight excluding hydrogens is 512 g/mol. The van der Waals surface area contributed by atoms with Crippen LogP contribution in [0, 0.1) is 10.8 Å². The molecule has 0 radical (unpaired) electrons. The van der Waals surface area contributed by atoms with Gasteiger partial charge >= 0.3 is 0 Å². The van der Waals surface area contributed by atoms with Crippen LogP contribution in [0.4, 0.5) is 0 Å². The highest BCUT2D eigenvalue weighted by atomic mass is 16.3. The Balaban J connectivity index is 1.86. The van der Waals surface area contributed by atoms with Gasteiger partial charge in [0.15, 0.2) is 0 Å². The highest BCUT2D eigenvalue weighted by molar-refractivity contribution is 5.38. The molecule has 2 aliphatic carbocycles. The van der Waals surface area contributed by atoms with Crippen LogP contribution in [0.3, 0.4) is 0 Å². The maximum Gasteiger partial charge on any atom is 0.0585 e. The first-order chi connectivity index (χ1) is 19.6. The summed E-state index contributed by atoms with van der Waals surface area (Å²) in [6.07, 6.45) is 30.7. The van der Waals surface area contributed by atoms with E-state index in [4.69, 9.17) is 0 Å². The van der Waals surface area contributed by atoms with E-state index in [0.717, 1.165) is 38.5 Å². The van der Waals surface area contributed by atoms with Crippen LogP contribution in [0.2, 0.25) is 0 Å². The van der Waals surface area contributed by atoms with Crippen molar-refractivity contribution in [3.05, 3.63) is 117 Å². The summed E-state index contributed by atoms with van der Waals surface area (Å²) < 4.78 is 0. The Bertz CT molecular complexity index is 1240. The molecule has 0 aromatic rings. The molecule has 2 N–H and O–H groups in total. The van der Waals surface area contributed by atoms with Crippen molar-refractivity contribution in [3.8, 4) is 0 Å². The summed E-state index contributed by atoms with van der Waals surface area (Å²) in [5.41, 5.74) is 10.6. The van der Waals surface area contributed by atoms with Crippen LogP contribution in [0.15, 0.2) is 117 Å². The van der Waals surface area contributed by atoms with Gasteiger partial charge in [-0.25, -0.2) is 0 Å². The van der Waals surface area contributed by atoms with Crippen LogP contribution < -0.4 is 0 Å². The first-order valence-corrected chi connectivity index (χ1v) is 15.7. The summed E-state index contributed by atoms with van der Waals surface area (Å²) >= 11 is 0. The van der Waals surface area contributed by atoms with Crippen molar-refractivity contribution in [2.75, 3.05) is 0 Å². The van der Waals surface area contributed by atoms with E-state index in [2.05, 4.69) is 142 Å². The normalized spacial score (nSPS) is 24.9. The fourth-order valence-corrected chi connectivity index (χ4v) is 6.49. The summed E-state index contributed by atoms with van der Waals surface area (Å²) in [5, 5.41) is 20.2. The number of rotatable bonds is 11. The summed E-state index contributed by atoms with van der Waals surface area (Å²) in [6.45, 7) is 21.9. The molecule has 0 saturated carbocycles. The summed E-state index contributed by atoms with van der Waals surface area (Å²) in [6, 6.07) is 0. The molecule has 0 aromatic heterocycles. The molecule has 0 aliphatic heterocycles. The maximum atomic E-state index is 10.1. The topological polar surface area (TPSA) is 40.5 Å². The highest BCUT2D eigenvalue weighted by Gasteiger charge is 2.32. The van der Waals surface area contributed by atoms with Gasteiger partial charge in [0.1, 0.15) is 0 Å². The zero-order chi connectivity index (χ0) is 31.5. The molecule has 0 saturated heterocycles. The second kappa shape index (κ2) is 16.2. The van der Waals surface area contributed by atoms with E-state index in [1.807, 2.05) is 0 Å². The lowest BCUT2D eigenvalue weighted by Gasteiger charge is -2.37. The molecule has 2 atom stereocenters. The molecule has 2 unspecified atom stereocenters. The minimum atomic E-state index is -0.224. The number of allylic oxidation sites excluding steroid dienone is 18. The lowest BCUT2D eigenvalue weighted by molar-refractivity contribution is 0.113. The molecule has 2 rings (SSSR count). The van der Waals surface area contributed by atoms with Crippen LogP contribution in [0.25, 0.3) is 0 Å². The molecule has 0 amide bonds. The number of aliphatic hydroxyl groups excluding tert-OH is 2. The molecule has 2 aliphatic rings. The second-order valence-corrected chi connectivity index (χ2v) is 14.0. The van der Waals surface area contributed by atoms with E-state index in [0.29, 0.717) is 0 Å². The van der Waals surface area contributed by atoms with Gasteiger partial charge in [0, 0.05) is 0 Å². The van der Waals surface area contributed by atoms with Gasteiger partial charge in [-0.15, -0.1) is 0 Å². The Morgan fingerprint density at radius 1 is 0.667 bits per heavy atom. The molecule has 0 fully saturated rings. The lowest BCUT2D eigenvalue weighted by atomic mass is 9.70. The monoisotopic (exact) mass is 570 g/mol. The minimum Gasteiger partial charge on any atom is -0.393 e. The Morgan fingerprint density at radius 3 is 1.69 bits per heavy atom. The van der Waals surface area contributed by atoms with Gasteiger partial charge in [-0.2, -0.15) is 0 Å². The second-order valence-electron chi connectivity index (χ2n) is 14.0. The van der Waals surface area contributed by atoms with Gasteiger partial charge in [0.2, 0.25) is 0 Å². The molecule has 0 spiro atoms. The average Bonchev–Trinajstić information content (AvgIpc) is 2.84. The SMILES string of the molecule is CC1=C(/C=C/C(C)=C/C=C/C(C)=C/C=C/C=C(C)/C=C/C=C(/C)CCC2=C(C)CC(O)CC2(C)C)C(C)(C)CC(O)C1. The molecule has 0 aromatic carbocycles. The van der Waals surface area contributed by atoms with Crippen molar-refractivity contribution in [2.24, 2.45) is 10.8 Å². The average molecular weight is 571 g/mol. The lowest BCUT2D eigenvalue weighted by Crippen LogP contribution is -2.29. The van der Waals surface area contributed by atoms with Gasteiger partial charge in [-0.3, -0.25) is 0 Å². The maximum absolute atomic E-state index is 10.1. The van der Waals surface area contributed by atoms with Gasteiger partial charge in [-0.1, -0.05) is 140 Å². The van der Waals surface area contributed by atoms with Crippen LogP contribution in [-0.4, -0.2) is 22.4 Å². The summed E-state index contributed by atoms with van der Waals surface area (Å²) in [4.78, 5) is 0. The van der Waals surface area contributed by atoms with Gasteiger partial charge < -0.3 is 10.2 Å². The van der Waals surface area contributed by atoms with E-state index < -0.39 is 0 Å². The van der Waals surface area contributed by atoms with E-state index in [-0.39, 0.29) is 23.0 Å². The summed E-state index contributed by atoms with van der Waals surface area (Å²) in [7, 11) is 0. The highest BCUT2D eigenvalue weighted by Crippen LogP contribution is 2.43. The van der Waals surface area contributed by atoms with Crippen molar-refractivity contribution in [3.63, 3.8) is 0 Å². The largest absolute Gasteiger partial charge is 0.393 e. The Morgan fingerprint density at radius 2 is 1.14 bits per heavy atom. The van der Waals surface area contributed by atoms with Crippen molar-refractivity contribution >= 4 is 0 Å². The smallest absolute Gasteiger partial charge is 0.0585 e. The Labute approximate surface area is 258 Å². The third-order valence-corrected chi connectivity index (χ3v) is 8.67. The van der Waals surface area contributed by atoms with Crippen LogP contribution >= 0.6 is 0 Å². The Hall–Kier alpha value is -2.68. The molecule has 0 heterocycles. The first kappa shape index (κ1) is 35.5. The molecular formula is C40H58O2. The van der Waals surface area contributed by atoms with Crippen LogP contribution in [0.1, 0.15) is 108 Å². The van der Waals surface area contributed by atoms with E-state index in [1.165, 1.54) is 44.6 Å². The third-order valence-electron chi connectivity index (χ3n) is 8.67.